The SMILES string of the molecule is CCCCC1CC(N)CN(C(N)=O)C1. The molecule has 0 aromatic carbocycles. The summed E-state index contributed by atoms with van der Waals surface area (Å²) in [5.41, 5.74) is 11.1. The number of hydrogen-bond donors (Lipinski definition) is 2. The van der Waals surface area contributed by atoms with Crippen molar-refractivity contribution < 1.29 is 4.79 Å². The van der Waals surface area contributed by atoms with E-state index in [4.69, 9.17) is 11.5 Å². The van der Waals surface area contributed by atoms with Gasteiger partial charge in [-0.25, -0.2) is 4.79 Å². The first-order valence-corrected chi connectivity index (χ1v) is 5.43. The Bertz CT molecular complexity index is 196. The van der Waals surface area contributed by atoms with Crippen LogP contribution < -0.4 is 11.5 Å². The first-order valence-electron chi connectivity index (χ1n) is 5.43. The van der Waals surface area contributed by atoms with Crippen LogP contribution in [0.5, 0.6) is 0 Å². The lowest BCUT2D eigenvalue weighted by Gasteiger charge is -2.35. The lowest BCUT2D eigenvalue weighted by molar-refractivity contribution is 0.159. The Balaban J connectivity index is 2.41. The largest absolute Gasteiger partial charge is 0.351 e. The van der Waals surface area contributed by atoms with Gasteiger partial charge in [-0.15, -0.1) is 0 Å². The number of hydrogen-bond acceptors (Lipinski definition) is 2. The molecule has 0 radical (unpaired) electrons. The summed E-state index contributed by atoms with van der Waals surface area (Å²) in [6.45, 7) is 3.59. The van der Waals surface area contributed by atoms with Crippen LogP contribution in [-0.4, -0.2) is 30.1 Å². The normalized spacial score (nSPS) is 27.7. The topological polar surface area (TPSA) is 72.3 Å². The summed E-state index contributed by atoms with van der Waals surface area (Å²) in [5, 5.41) is 0. The lowest BCUT2D eigenvalue weighted by atomic mass is 9.90. The quantitative estimate of drug-likeness (QED) is 0.709. The number of rotatable bonds is 3. The van der Waals surface area contributed by atoms with Gasteiger partial charge in [-0.3, -0.25) is 0 Å². The maximum Gasteiger partial charge on any atom is 0.314 e. The second-order valence-electron chi connectivity index (χ2n) is 4.25. The van der Waals surface area contributed by atoms with Gasteiger partial charge in [0.15, 0.2) is 0 Å². The highest BCUT2D eigenvalue weighted by atomic mass is 16.2. The summed E-state index contributed by atoms with van der Waals surface area (Å²) >= 11 is 0. The summed E-state index contributed by atoms with van der Waals surface area (Å²) in [7, 11) is 0. The molecule has 1 heterocycles. The minimum Gasteiger partial charge on any atom is -0.351 e. The van der Waals surface area contributed by atoms with E-state index in [2.05, 4.69) is 6.92 Å². The van der Waals surface area contributed by atoms with Gasteiger partial charge in [0.1, 0.15) is 0 Å². The smallest absolute Gasteiger partial charge is 0.314 e. The van der Waals surface area contributed by atoms with Crippen LogP contribution in [0.2, 0.25) is 0 Å². The predicted molar refractivity (Wildman–Crippen MR) is 56.8 cm³/mol. The van der Waals surface area contributed by atoms with E-state index < -0.39 is 0 Å². The van der Waals surface area contributed by atoms with Crippen LogP contribution in [0.25, 0.3) is 0 Å². The van der Waals surface area contributed by atoms with Crippen molar-refractivity contribution >= 4 is 6.03 Å². The predicted octanol–water partition coefficient (Wildman–Crippen LogP) is 0.905. The van der Waals surface area contributed by atoms with Gasteiger partial charge in [-0.2, -0.15) is 0 Å². The van der Waals surface area contributed by atoms with Crippen LogP contribution in [0.3, 0.4) is 0 Å². The molecule has 1 fully saturated rings. The second-order valence-corrected chi connectivity index (χ2v) is 4.25. The van der Waals surface area contributed by atoms with Crippen LogP contribution in [0.15, 0.2) is 0 Å². The van der Waals surface area contributed by atoms with Crippen molar-refractivity contribution in [2.45, 2.75) is 38.6 Å². The fraction of sp³-hybridized carbons (Fsp3) is 0.900. The van der Waals surface area contributed by atoms with E-state index in [1.807, 2.05) is 0 Å². The summed E-state index contributed by atoms with van der Waals surface area (Å²) in [6, 6.07) is -0.222. The average Bonchev–Trinajstić information content (AvgIpc) is 2.14. The number of likely N-dealkylation sites (tertiary alicyclic amines) is 1. The van der Waals surface area contributed by atoms with Gasteiger partial charge in [0.2, 0.25) is 0 Å². The van der Waals surface area contributed by atoms with E-state index in [1.54, 1.807) is 4.90 Å². The van der Waals surface area contributed by atoms with E-state index >= 15 is 0 Å². The standard InChI is InChI=1S/C10H21N3O/c1-2-3-4-8-5-9(11)7-13(6-8)10(12)14/h8-9H,2-7,11H2,1H3,(H2,12,14). The van der Waals surface area contributed by atoms with E-state index in [-0.39, 0.29) is 12.1 Å². The summed E-state index contributed by atoms with van der Waals surface area (Å²) in [6.07, 6.45) is 4.60. The molecule has 2 unspecified atom stereocenters. The number of carbonyl (C=O) groups excluding carboxylic acids is 1. The lowest BCUT2D eigenvalue weighted by Crippen LogP contribution is -2.51. The van der Waals surface area contributed by atoms with E-state index in [1.165, 1.54) is 12.8 Å². The summed E-state index contributed by atoms with van der Waals surface area (Å²) < 4.78 is 0. The van der Waals surface area contributed by atoms with Gasteiger partial charge in [-0.1, -0.05) is 19.8 Å². The molecule has 2 atom stereocenters. The third-order valence-electron chi connectivity index (χ3n) is 2.85. The highest BCUT2D eigenvalue weighted by molar-refractivity contribution is 5.72. The molecule has 0 aromatic rings. The van der Waals surface area contributed by atoms with Gasteiger partial charge >= 0.3 is 6.03 Å². The molecule has 1 aliphatic rings. The molecular weight excluding hydrogens is 178 g/mol. The first-order chi connectivity index (χ1) is 6.63. The Labute approximate surface area is 85.6 Å². The van der Waals surface area contributed by atoms with E-state index in [0.29, 0.717) is 12.5 Å². The van der Waals surface area contributed by atoms with Crippen molar-refractivity contribution in [1.29, 1.82) is 0 Å². The molecule has 4 heteroatoms. The molecule has 0 aliphatic carbocycles. The number of nitrogens with two attached hydrogens (primary N) is 2. The van der Waals surface area contributed by atoms with Gasteiger partial charge in [0.25, 0.3) is 0 Å². The Morgan fingerprint density at radius 1 is 1.50 bits per heavy atom. The third-order valence-corrected chi connectivity index (χ3v) is 2.85. The summed E-state index contributed by atoms with van der Waals surface area (Å²) in [4.78, 5) is 12.7. The Hall–Kier alpha value is -0.770. The molecule has 1 aliphatic heterocycles. The van der Waals surface area contributed by atoms with Crippen molar-refractivity contribution in [2.24, 2.45) is 17.4 Å². The number of urea groups is 1. The minimum absolute atomic E-state index is 0.109. The van der Waals surface area contributed by atoms with Crippen LogP contribution >= 0.6 is 0 Å². The second kappa shape index (κ2) is 5.20. The van der Waals surface area contributed by atoms with E-state index in [0.717, 1.165) is 19.4 Å². The zero-order valence-corrected chi connectivity index (χ0v) is 8.91. The van der Waals surface area contributed by atoms with Crippen LogP contribution in [0, 0.1) is 5.92 Å². The van der Waals surface area contributed by atoms with Crippen molar-refractivity contribution in [2.75, 3.05) is 13.1 Å². The molecule has 1 saturated heterocycles. The van der Waals surface area contributed by atoms with Gasteiger partial charge in [0, 0.05) is 19.1 Å². The fourth-order valence-corrected chi connectivity index (χ4v) is 2.13. The fourth-order valence-electron chi connectivity index (χ4n) is 2.13. The molecule has 14 heavy (non-hydrogen) atoms. The number of unbranched alkanes of at least 4 members (excludes halogenated alkanes) is 1. The first kappa shape index (κ1) is 11.3. The van der Waals surface area contributed by atoms with E-state index in [9.17, 15) is 4.79 Å². The molecule has 4 N–H and O–H groups in total. The molecular formula is C10H21N3O. The van der Waals surface area contributed by atoms with Crippen molar-refractivity contribution in [3.8, 4) is 0 Å². The Morgan fingerprint density at radius 2 is 2.21 bits per heavy atom. The maximum atomic E-state index is 11.0. The number of primary amides is 1. The number of carbonyl (C=O) groups is 1. The van der Waals surface area contributed by atoms with Crippen LogP contribution in [0.1, 0.15) is 32.6 Å². The number of piperidine rings is 1. The van der Waals surface area contributed by atoms with Gasteiger partial charge in [0.05, 0.1) is 0 Å². The molecule has 0 spiro atoms. The van der Waals surface area contributed by atoms with Crippen LogP contribution in [-0.2, 0) is 0 Å². The molecule has 2 amide bonds. The minimum atomic E-state index is -0.332. The number of nitrogens with zero attached hydrogens (tertiary/aromatic N) is 1. The van der Waals surface area contributed by atoms with Gasteiger partial charge in [-0.05, 0) is 18.8 Å². The average molecular weight is 199 g/mol. The molecule has 0 aromatic heterocycles. The number of amides is 2. The Morgan fingerprint density at radius 3 is 2.79 bits per heavy atom. The highest BCUT2D eigenvalue weighted by Crippen LogP contribution is 2.20. The zero-order chi connectivity index (χ0) is 10.6. The van der Waals surface area contributed by atoms with Crippen LogP contribution in [0.4, 0.5) is 4.79 Å². The molecule has 0 saturated carbocycles. The third kappa shape index (κ3) is 3.18. The van der Waals surface area contributed by atoms with Crippen molar-refractivity contribution in [3.05, 3.63) is 0 Å². The summed E-state index contributed by atoms with van der Waals surface area (Å²) in [5.74, 6) is 0.547. The van der Waals surface area contributed by atoms with Crippen molar-refractivity contribution in [3.63, 3.8) is 0 Å². The molecule has 0 bridgehead atoms. The molecule has 4 nitrogen and oxygen atoms in total. The Kier molecular flexibility index (Phi) is 4.20. The molecule has 82 valence electrons. The maximum absolute atomic E-state index is 11.0. The molecule has 1 rings (SSSR count). The van der Waals surface area contributed by atoms with Gasteiger partial charge < -0.3 is 16.4 Å². The zero-order valence-electron chi connectivity index (χ0n) is 8.91. The monoisotopic (exact) mass is 199 g/mol. The highest BCUT2D eigenvalue weighted by Gasteiger charge is 2.26. The van der Waals surface area contributed by atoms with Crippen molar-refractivity contribution in [1.82, 2.24) is 4.90 Å².